The smallest absolute Gasteiger partial charge is 0.182 e. The molecule has 7 nitrogen and oxygen atoms in total. The molecule has 0 aliphatic heterocycles. The minimum atomic E-state index is 0.634. The van der Waals surface area contributed by atoms with Gasteiger partial charge in [0.2, 0.25) is 0 Å². The van der Waals surface area contributed by atoms with Gasteiger partial charge in [-0.2, -0.15) is 10.2 Å². The monoisotopic (exact) mass is 382 g/mol. The molecule has 0 radical (unpaired) electrons. The number of aromatic nitrogens is 6. The summed E-state index contributed by atoms with van der Waals surface area (Å²) in [5, 5.41) is 12.9. The SMILES string of the molecule is COc1ccc(-c2[nH]nc3nc(-c4ccnn4C)cc(-c4ccccn4)c23)cc1. The summed E-state index contributed by atoms with van der Waals surface area (Å²) >= 11 is 0. The minimum Gasteiger partial charge on any atom is -0.497 e. The second-order valence-corrected chi connectivity index (χ2v) is 6.64. The van der Waals surface area contributed by atoms with E-state index >= 15 is 0 Å². The third kappa shape index (κ3) is 2.93. The number of aromatic amines is 1. The number of ether oxygens (including phenoxy) is 1. The van der Waals surface area contributed by atoms with Gasteiger partial charge < -0.3 is 4.74 Å². The van der Waals surface area contributed by atoms with Crippen LogP contribution in [0.1, 0.15) is 0 Å². The van der Waals surface area contributed by atoms with Crippen LogP contribution >= 0.6 is 0 Å². The molecule has 0 spiro atoms. The molecule has 0 atom stereocenters. The van der Waals surface area contributed by atoms with Crippen molar-refractivity contribution >= 4 is 11.0 Å². The van der Waals surface area contributed by atoms with E-state index in [1.165, 1.54) is 0 Å². The largest absolute Gasteiger partial charge is 0.497 e. The number of nitrogens with one attached hydrogen (secondary N) is 1. The van der Waals surface area contributed by atoms with E-state index < -0.39 is 0 Å². The van der Waals surface area contributed by atoms with Gasteiger partial charge in [0.25, 0.3) is 0 Å². The van der Waals surface area contributed by atoms with Crippen molar-refractivity contribution in [3.05, 3.63) is 67.0 Å². The first-order valence-corrected chi connectivity index (χ1v) is 9.18. The summed E-state index contributed by atoms with van der Waals surface area (Å²) in [6.45, 7) is 0. The summed E-state index contributed by atoms with van der Waals surface area (Å²) in [5.41, 5.74) is 6.07. The number of hydrogen-bond donors (Lipinski definition) is 1. The molecule has 0 saturated heterocycles. The molecule has 4 heterocycles. The van der Waals surface area contributed by atoms with Crippen LogP contribution in [0.3, 0.4) is 0 Å². The van der Waals surface area contributed by atoms with Crippen LogP contribution in [0.2, 0.25) is 0 Å². The fourth-order valence-electron chi connectivity index (χ4n) is 3.47. The Kier molecular flexibility index (Phi) is 4.05. The highest BCUT2D eigenvalue weighted by atomic mass is 16.5. The minimum absolute atomic E-state index is 0.634. The van der Waals surface area contributed by atoms with Gasteiger partial charge in [-0.3, -0.25) is 14.8 Å². The van der Waals surface area contributed by atoms with Crippen molar-refractivity contribution < 1.29 is 4.74 Å². The number of aryl methyl sites for hydroxylation is 1. The van der Waals surface area contributed by atoms with Crippen molar-refractivity contribution in [2.75, 3.05) is 7.11 Å². The van der Waals surface area contributed by atoms with E-state index in [0.717, 1.165) is 45.0 Å². The van der Waals surface area contributed by atoms with Crippen LogP contribution in [0.15, 0.2) is 67.0 Å². The maximum Gasteiger partial charge on any atom is 0.182 e. The molecule has 0 unspecified atom stereocenters. The Bertz CT molecular complexity index is 1290. The van der Waals surface area contributed by atoms with E-state index in [4.69, 9.17) is 9.72 Å². The van der Waals surface area contributed by atoms with Crippen LogP contribution in [0.25, 0.3) is 44.9 Å². The molecule has 7 heteroatoms. The van der Waals surface area contributed by atoms with Gasteiger partial charge in [-0.05, 0) is 48.5 Å². The second-order valence-electron chi connectivity index (χ2n) is 6.64. The molecule has 0 aliphatic rings. The number of H-pyrrole nitrogens is 1. The van der Waals surface area contributed by atoms with Gasteiger partial charge in [0.15, 0.2) is 5.65 Å². The lowest BCUT2D eigenvalue weighted by atomic mass is 10.0. The molecule has 0 saturated carbocycles. The van der Waals surface area contributed by atoms with E-state index in [9.17, 15) is 0 Å². The molecule has 0 aliphatic carbocycles. The molecule has 1 N–H and O–H groups in total. The molecule has 5 aromatic rings. The van der Waals surface area contributed by atoms with Crippen molar-refractivity contribution in [3.8, 4) is 39.7 Å². The van der Waals surface area contributed by atoms with Crippen LogP contribution in [0, 0.1) is 0 Å². The summed E-state index contributed by atoms with van der Waals surface area (Å²) < 4.78 is 7.08. The predicted molar refractivity (Wildman–Crippen MR) is 111 cm³/mol. The van der Waals surface area contributed by atoms with E-state index in [-0.39, 0.29) is 0 Å². The highest BCUT2D eigenvalue weighted by molar-refractivity contribution is 6.03. The second kappa shape index (κ2) is 6.87. The fourth-order valence-corrected chi connectivity index (χ4v) is 3.47. The standard InChI is InChI=1S/C22H18N6O/c1-28-19(10-12-24-28)18-13-16(17-5-3-4-11-23-17)20-21(26-27-22(20)25-18)14-6-8-15(29-2)9-7-14/h3-13H,1-2H3,(H,25,26,27). The van der Waals surface area contributed by atoms with Crippen molar-refractivity contribution in [1.29, 1.82) is 0 Å². The first-order valence-electron chi connectivity index (χ1n) is 9.18. The Labute approximate surface area is 167 Å². The lowest BCUT2D eigenvalue weighted by Crippen LogP contribution is -1.97. The number of benzene rings is 1. The molecule has 0 bridgehead atoms. The Morgan fingerprint density at radius 2 is 1.83 bits per heavy atom. The molecule has 142 valence electrons. The van der Waals surface area contributed by atoms with Gasteiger partial charge in [0.1, 0.15) is 5.75 Å². The van der Waals surface area contributed by atoms with E-state index in [1.807, 2.05) is 61.6 Å². The predicted octanol–water partition coefficient (Wildman–Crippen LogP) is 4.10. The van der Waals surface area contributed by atoms with Crippen molar-refractivity contribution in [3.63, 3.8) is 0 Å². The zero-order chi connectivity index (χ0) is 19.8. The van der Waals surface area contributed by atoms with E-state index in [0.29, 0.717) is 5.65 Å². The van der Waals surface area contributed by atoms with Gasteiger partial charge in [0.05, 0.1) is 35.3 Å². The highest BCUT2D eigenvalue weighted by Crippen LogP contribution is 2.36. The van der Waals surface area contributed by atoms with Gasteiger partial charge in [-0.15, -0.1) is 0 Å². The number of fused-ring (bicyclic) bond motifs is 1. The zero-order valence-corrected chi connectivity index (χ0v) is 16.0. The highest BCUT2D eigenvalue weighted by Gasteiger charge is 2.18. The first-order chi connectivity index (χ1) is 14.2. The Balaban J connectivity index is 1.78. The van der Waals surface area contributed by atoms with E-state index in [1.54, 1.807) is 24.2 Å². The third-order valence-corrected chi connectivity index (χ3v) is 4.93. The van der Waals surface area contributed by atoms with Crippen LogP contribution in [-0.2, 0) is 7.05 Å². The third-order valence-electron chi connectivity index (χ3n) is 4.93. The molecule has 1 aromatic carbocycles. The fraction of sp³-hybridized carbons (Fsp3) is 0.0909. The molecule has 29 heavy (non-hydrogen) atoms. The van der Waals surface area contributed by atoms with Crippen LogP contribution in [-0.4, -0.2) is 37.1 Å². The molecule has 0 amide bonds. The Morgan fingerprint density at radius 3 is 2.52 bits per heavy atom. The van der Waals surface area contributed by atoms with Crippen molar-refractivity contribution in [2.45, 2.75) is 0 Å². The van der Waals surface area contributed by atoms with Crippen LogP contribution in [0.5, 0.6) is 5.75 Å². The quantitative estimate of drug-likeness (QED) is 0.506. The molecule has 0 fully saturated rings. The van der Waals surface area contributed by atoms with E-state index in [2.05, 4.69) is 20.3 Å². The molecule has 5 rings (SSSR count). The molecule has 4 aromatic heterocycles. The molecular weight excluding hydrogens is 364 g/mol. The summed E-state index contributed by atoms with van der Waals surface area (Å²) in [6.07, 6.45) is 3.55. The topological polar surface area (TPSA) is 81.5 Å². The summed E-state index contributed by atoms with van der Waals surface area (Å²) in [5.74, 6) is 0.805. The van der Waals surface area contributed by atoms with Crippen molar-refractivity contribution in [1.82, 2.24) is 29.9 Å². The summed E-state index contributed by atoms with van der Waals surface area (Å²) in [6, 6.07) is 17.7. The Morgan fingerprint density at radius 1 is 0.966 bits per heavy atom. The summed E-state index contributed by atoms with van der Waals surface area (Å²) in [7, 11) is 3.55. The van der Waals surface area contributed by atoms with Gasteiger partial charge in [-0.1, -0.05) is 6.07 Å². The number of hydrogen-bond acceptors (Lipinski definition) is 5. The average molecular weight is 382 g/mol. The number of nitrogens with zero attached hydrogens (tertiary/aromatic N) is 5. The van der Waals surface area contributed by atoms with Gasteiger partial charge >= 0.3 is 0 Å². The molecular formula is C22H18N6O. The first kappa shape index (κ1) is 17.1. The van der Waals surface area contributed by atoms with Crippen LogP contribution in [0.4, 0.5) is 0 Å². The van der Waals surface area contributed by atoms with Gasteiger partial charge in [0, 0.05) is 30.6 Å². The lowest BCUT2D eigenvalue weighted by Gasteiger charge is -2.09. The Hall–Kier alpha value is -4.00. The number of rotatable bonds is 4. The number of methoxy groups -OCH3 is 1. The lowest BCUT2D eigenvalue weighted by molar-refractivity contribution is 0.415. The average Bonchev–Trinajstić information content (AvgIpc) is 3.40. The maximum absolute atomic E-state index is 5.28. The normalized spacial score (nSPS) is 11.1. The van der Waals surface area contributed by atoms with Gasteiger partial charge in [-0.25, -0.2) is 4.98 Å². The zero-order valence-electron chi connectivity index (χ0n) is 16.0. The summed E-state index contributed by atoms with van der Waals surface area (Å²) in [4.78, 5) is 9.36. The maximum atomic E-state index is 5.28. The number of pyridine rings is 2. The van der Waals surface area contributed by atoms with Crippen molar-refractivity contribution in [2.24, 2.45) is 7.05 Å². The van der Waals surface area contributed by atoms with Crippen LogP contribution < -0.4 is 4.74 Å².